The molecule has 2 heteroatoms. The Labute approximate surface area is 185 Å². The third-order valence-corrected chi connectivity index (χ3v) is 9.94. The fourth-order valence-corrected chi connectivity index (χ4v) is 9.08. The van der Waals surface area contributed by atoms with E-state index in [1.807, 2.05) is 0 Å². The number of benzene rings is 3. The zero-order chi connectivity index (χ0) is 19.6. The minimum atomic E-state index is 0.259. The van der Waals surface area contributed by atoms with Crippen molar-refractivity contribution in [2.24, 2.45) is 23.7 Å². The minimum absolute atomic E-state index is 0.259. The summed E-state index contributed by atoms with van der Waals surface area (Å²) in [6.45, 7) is 0. The van der Waals surface area contributed by atoms with Crippen molar-refractivity contribution in [3.8, 4) is 11.1 Å². The Kier molecular flexibility index (Phi) is 3.01. The van der Waals surface area contributed by atoms with Crippen molar-refractivity contribution in [2.45, 2.75) is 37.5 Å². The highest BCUT2D eigenvalue weighted by molar-refractivity contribution is 6.22. The van der Waals surface area contributed by atoms with Gasteiger partial charge in [0.1, 0.15) is 0 Å². The van der Waals surface area contributed by atoms with E-state index in [4.69, 9.17) is 0 Å². The molecule has 0 aliphatic heterocycles. The molecular formula is C28H24AlN. The molecule has 0 unspecified atom stereocenters. The zero-order valence-electron chi connectivity index (χ0n) is 17.1. The van der Waals surface area contributed by atoms with Crippen molar-refractivity contribution in [3.63, 3.8) is 0 Å². The molecule has 4 saturated carbocycles. The van der Waals surface area contributed by atoms with Crippen molar-refractivity contribution in [1.29, 1.82) is 0 Å². The smallest absolute Gasteiger partial charge is 0.318 e. The molecule has 1 spiro atoms. The van der Waals surface area contributed by atoms with Crippen molar-refractivity contribution in [2.75, 3.05) is 0 Å². The van der Waals surface area contributed by atoms with Gasteiger partial charge in [0.15, 0.2) is 0 Å². The van der Waals surface area contributed by atoms with Crippen LogP contribution in [0, 0.1) is 23.7 Å². The fraction of sp³-hybridized carbons (Fsp3) is 0.357. The molecule has 1 aromatic heterocycles. The second-order valence-corrected chi connectivity index (χ2v) is 11.0. The van der Waals surface area contributed by atoms with E-state index in [0.29, 0.717) is 0 Å². The maximum Gasteiger partial charge on any atom is 0.318 e. The van der Waals surface area contributed by atoms with Crippen LogP contribution in [-0.2, 0) is 5.41 Å². The van der Waals surface area contributed by atoms with E-state index in [2.05, 4.69) is 80.7 Å². The van der Waals surface area contributed by atoms with Crippen molar-refractivity contribution < 1.29 is 0 Å². The SMILES string of the molecule is [Al][n]1c2ccccc2c2cc3c(cc21)C1(c2ccccc2-3)C2CC3CC(C2)CC1C3. The molecule has 9 rings (SSSR count). The second-order valence-electron chi connectivity index (χ2n) is 10.5. The van der Waals surface area contributed by atoms with Crippen LogP contribution < -0.4 is 0 Å². The highest BCUT2D eigenvalue weighted by atomic mass is 27.1. The highest BCUT2D eigenvalue weighted by Gasteiger charge is 2.61. The Morgan fingerprint density at radius 2 is 1.37 bits per heavy atom. The Hall–Kier alpha value is -2.01. The predicted molar refractivity (Wildman–Crippen MR) is 124 cm³/mol. The lowest BCUT2D eigenvalue weighted by Gasteiger charge is -2.61. The van der Waals surface area contributed by atoms with Crippen LogP contribution in [0.4, 0.5) is 0 Å². The molecule has 4 bridgehead atoms. The topological polar surface area (TPSA) is 4.93 Å². The van der Waals surface area contributed by atoms with Gasteiger partial charge in [-0.15, -0.1) is 0 Å². The molecule has 1 nitrogen and oxygen atoms in total. The standard InChI is InChI=1S/C28H24N.Al/c1-3-7-24-20(5-1)22-14-23-21-6-2-4-8-26(21)29-27(23)15-25(22)28(24)18-10-16-9-17(12-18)13-19(28)11-16;/h1-8,14-19H,9-13H2;/q-1;+1. The summed E-state index contributed by atoms with van der Waals surface area (Å²) < 4.78 is 2.34. The van der Waals surface area contributed by atoms with Crippen LogP contribution in [0.2, 0.25) is 0 Å². The molecule has 1 heterocycles. The monoisotopic (exact) mass is 401 g/mol. The van der Waals surface area contributed by atoms with Gasteiger partial charge in [-0.1, -0.05) is 42.5 Å². The molecule has 0 saturated heterocycles. The number of hydrogen-bond acceptors (Lipinski definition) is 0. The Bertz CT molecular complexity index is 1350. The first-order chi connectivity index (χ1) is 14.7. The maximum atomic E-state index is 2.99. The average Bonchev–Trinajstić information content (AvgIpc) is 3.21. The third-order valence-electron chi connectivity index (χ3n) is 9.38. The molecule has 144 valence electrons. The molecule has 5 aliphatic rings. The van der Waals surface area contributed by atoms with Crippen LogP contribution in [0.15, 0.2) is 60.7 Å². The van der Waals surface area contributed by atoms with Gasteiger partial charge in [-0.3, -0.25) is 0 Å². The Balaban J connectivity index is 1.51. The fourth-order valence-electron chi connectivity index (χ4n) is 8.64. The van der Waals surface area contributed by atoms with Gasteiger partial charge in [-0.2, -0.15) is 0 Å². The van der Waals surface area contributed by atoms with Crippen molar-refractivity contribution >= 4 is 38.3 Å². The summed E-state index contributed by atoms with van der Waals surface area (Å²) in [5, 5.41) is 2.77. The molecule has 30 heavy (non-hydrogen) atoms. The predicted octanol–water partition coefficient (Wildman–Crippen LogP) is 6.45. The van der Waals surface area contributed by atoms with Crippen LogP contribution in [0.3, 0.4) is 0 Å². The van der Waals surface area contributed by atoms with E-state index in [9.17, 15) is 0 Å². The first-order valence-corrected chi connectivity index (χ1v) is 12.2. The van der Waals surface area contributed by atoms with E-state index >= 15 is 0 Å². The van der Waals surface area contributed by atoms with Gasteiger partial charge >= 0.3 is 16.5 Å². The quantitative estimate of drug-likeness (QED) is 0.299. The van der Waals surface area contributed by atoms with E-state index in [1.165, 1.54) is 65.0 Å². The van der Waals surface area contributed by atoms with Crippen LogP contribution in [0.25, 0.3) is 32.9 Å². The Morgan fingerprint density at radius 1 is 0.667 bits per heavy atom. The molecule has 2 radical (unpaired) electrons. The summed E-state index contributed by atoms with van der Waals surface area (Å²) in [5.41, 5.74) is 9.29. The molecule has 4 aromatic rings. The van der Waals surface area contributed by atoms with E-state index < -0.39 is 0 Å². The molecule has 0 amide bonds. The average molecular weight is 401 g/mol. The van der Waals surface area contributed by atoms with E-state index in [0.717, 1.165) is 23.7 Å². The minimum Gasteiger partial charge on any atom is -0.452 e. The molecular weight excluding hydrogens is 377 g/mol. The summed E-state index contributed by atoms with van der Waals surface area (Å²) in [7, 11) is 0. The van der Waals surface area contributed by atoms with Crippen LogP contribution in [0.5, 0.6) is 0 Å². The number of aromatic nitrogens is 1. The van der Waals surface area contributed by atoms with Gasteiger partial charge in [0.05, 0.1) is 0 Å². The zero-order valence-corrected chi connectivity index (χ0v) is 18.3. The van der Waals surface area contributed by atoms with Crippen molar-refractivity contribution in [1.82, 2.24) is 3.55 Å². The maximum absolute atomic E-state index is 2.99. The van der Waals surface area contributed by atoms with Gasteiger partial charge in [-0.25, -0.2) is 0 Å². The lowest BCUT2D eigenvalue weighted by atomic mass is 9.43. The van der Waals surface area contributed by atoms with Gasteiger partial charge in [0, 0.05) is 27.2 Å². The van der Waals surface area contributed by atoms with Gasteiger partial charge in [0.2, 0.25) is 0 Å². The highest BCUT2D eigenvalue weighted by Crippen LogP contribution is 2.69. The first kappa shape index (κ1) is 16.7. The summed E-state index contributed by atoms with van der Waals surface area (Å²) in [5.74, 6) is 3.64. The lowest BCUT2D eigenvalue weighted by Crippen LogP contribution is -2.55. The third kappa shape index (κ3) is 1.76. The van der Waals surface area contributed by atoms with E-state index in [-0.39, 0.29) is 5.41 Å². The van der Waals surface area contributed by atoms with Gasteiger partial charge in [-0.05, 0) is 96.2 Å². The van der Waals surface area contributed by atoms with Crippen molar-refractivity contribution in [3.05, 3.63) is 71.8 Å². The second kappa shape index (κ2) is 5.42. The summed E-state index contributed by atoms with van der Waals surface area (Å²) in [6, 6.07) is 23.4. The largest absolute Gasteiger partial charge is 0.452 e. The van der Waals surface area contributed by atoms with Gasteiger partial charge in [0.25, 0.3) is 0 Å². The molecule has 3 aromatic carbocycles. The van der Waals surface area contributed by atoms with Gasteiger partial charge < -0.3 is 3.55 Å². The molecule has 0 atom stereocenters. The van der Waals surface area contributed by atoms with Crippen LogP contribution >= 0.6 is 0 Å². The molecule has 4 fully saturated rings. The van der Waals surface area contributed by atoms with E-state index in [1.54, 1.807) is 11.1 Å². The number of para-hydroxylation sites is 1. The summed E-state index contributed by atoms with van der Waals surface area (Å²) in [4.78, 5) is 0. The Morgan fingerprint density at radius 3 is 2.17 bits per heavy atom. The molecule has 5 aliphatic carbocycles. The summed E-state index contributed by atoms with van der Waals surface area (Å²) >= 11 is 2.99. The number of fused-ring (bicyclic) bond motifs is 6. The van der Waals surface area contributed by atoms with Crippen LogP contribution in [-0.4, -0.2) is 20.1 Å². The number of hydrogen-bond donors (Lipinski definition) is 0. The number of nitrogens with zero attached hydrogens (tertiary/aromatic N) is 1. The summed E-state index contributed by atoms with van der Waals surface area (Å²) in [6.07, 6.45) is 7.30. The first-order valence-electron chi connectivity index (χ1n) is 11.7. The normalized spacial score (nSPS) is 32.9. The number of rotatable bonds is 0. The molecule has 0 N–H and O–H groups in total. The van der Waals surface area contributed by atoms with Crippen LogP contribution in [0.1, 0.15) is 43.2 Å². The lowest BCUT2D eigenvalue weighted by molar-refractivity contribution is -0.0399.